The van der Waals surface area contributed by atoms with Crippen LogP contribution in [-0.2, 0) is 10.8 Å². The molecule has 1 heterocycles. The minimum absolute atomic E-state index is 0.529. The summed E-state index contributed by atoms with van der Waals surface area (Å²) in [5.74, 6) is 0. The van der Waals surface area contributed by atoms with E-state index in [-0.39, 0.29) is 0 Å². The normalized spacial score (nSPS) is 12.8. The largest absolute Gasteiger partial charge is 0.455 e. The third-order valence-corrected chi connectivity index (χ3v) is 22.5. The molecule has 20 rings (SSSR count). The Labute approximate surface area is 624 Å². The van der Waals surface area contributed by atoms with Crippen molar-refractivity contribution >= 4 is 56.1 Å². The summed E-state index contributed by atoms with van der Waals surface area (Å²) >= 11 is 0. The second kappa shape index (κ2) is 26.1. The summed E-state index contributed by atoms with van der Waals surface area (Å²) in [6.07, 6.45) is 0. The second-order valence-electron chi connectivity index (χ2n) is 28.2. The molecule has 0 spiro atoms. The highest BCUT2D eigenvalue weighted by atomic mass is 16.3. The summed E-state index contributed by atoms with van der Waals surface area (Å²) in [5, 5.41) is 2.23. The highest BCUT2D eigenvalue weighted by Gasteiger charge is 2.48. The number of anilines is 6. The van der Waals surface area contributed by atoms with Gasteiger partial charge in [-0.2, -0.15) is 0 Å². The zero-order valence-electron chi connectivity index (χ0n) is 58.7. The monoisotopic (exact) mass is 1360 g/mol. The zero-order valence-corrected chi connectivity index (χ0v) is 58.7. The van der Waals surface area contributed by atoms with Crippen LogP contribution in [0.25, 0.3) is 99.8 Å². The Morgan fingerprint density at radius 1 is 0.187 bits per heavy atom. The Bertz CT molecular complexity index is 6250. The molecule has 0 amide bonds. The molecule has 1 aromatic heterocycles. The molecule has 0 bridgehead atoms. The van der Waals surface area contributed by atoms with Gasteiger partial charge >= 0.3 is 0 Å². The maximum atomic E-state index is 6.61. The summed E-state index contributed by atoms with van der Waals surface area (Å²) in [7, 11) is 0. The van der Waals surface area contributed by atoms with E-state index in [0.717, 1.165) is 101 Å². The first-order valence-electron chi connectivity index (χ1n) is 36.9. The summed E-state index contributed by atoms with van der Waals surface area (Å²) < 4.78 is 6.61. The molecule has 0 radical (unpaired) electrons. The molecule has 18 aromatic rings. The first-order chi connectivity index (χ1) is 53.1. The van der Waals surface area contributed by atoms with E-state index in [1.54, 1.807) is 0 Å². The van der Waals surface area contributed by atoms with Crippen LogP contribution in [0.2, 0.25) is 0 Å². The van der Waals surface area contributed by atoms with E-state index < -0.39 is 10.8 Å². The van der Waals surface area contributed by atoms with Crippen molar-refractivity contribution in [3.8, 4) is 77.9 Å². The van der Waals surface area contributed by atoms with Crippen molar-refractivity contribution < 1.29 is 4.42 Å². The maximum absolute atomic E-state index is 6.61. The number of furan rings is 1. The van der Waals surface area contributed by atoms with Crippen LogP contribution in [0.4, 0.5) is 34.1 Å². The van der Waals surface area contributed by atoms with Gasteiger partial charge in [0.05, 0.1) is 16.5 Å². The molecule has 0 fully saturated rings. The molecule has 0 N–H and O–H groups in total. The summed E-state index contributed by atoms with van der Waals surface area (Å²) in [6, 6.07) is 157. The van der Waals surface area contributed by atoms with Crippen LogP contribution in [0.15, 0.2) is 429 Å². The fraction of sp³-hybridized carbons (Fsp3) is 0.0192. The fourth-order valence-corrected chi connectivity index (χ4v) is 17.7. The minimum atomic E-state index is -0.639. The van der Waals surface area contributed by atoms with Gasteiger partial charge in [0.2, 0.25) is 0 Å². The first kappa shape index (κ1) is 62.9. The van der Waals surface area contributed by atoms with Crippen molar-refractivity contribution in [3.05, 3.63) is 469 Å². The van der Waals surface area contributed by atoms with E-state index in [1.807, 2.05) is 6.07 Å². The van der Waals surface area contributed by atoms with Crippen molar-refractivity contribution in [3.63, 3.8) is 0 Å². The number of hydrogen-bond donors (Lipinski definition) is 0. The summed E-state index contributed by atoms with van der Waals surface area (Å²) in [5.41, 5.74) is 33.0. The SMILES string of the molecule is c1ccc(-c2ccc(N(c3ccc(-c4cccc5c4oc4ccccc45)cc3)c3ccc4c(c3)-c3cc(-c5cccc(-c6ccccc6N(c6ccc(-c7ccccc7)cc6)c6ccc7c(c6)-c6ccccc6C7(c6ccccc6)c6ccccc6)c5)ccc3C4(c3ccccc3)c3ccccc3)cc2)cc1. The predicted octanol–water partition coefficient (Wildman–Crippen LogP) is 27.6. The lowest BCUT2D eigenvalue weighted by atomic mass is 9.67. The molecule has 3 heteroatoms. The average molecular weight is 1360 g/mol. The Morgan fingerprint density at radius 2 is 0.533 bits per heavy atom. The number of para-hydroxylation sites is 3. The van der Waals surface area contributed by atoms with Crippen LogP contribution in [-0.4, -0.2) is 0 Å². The molecule has 107 heavy (non-hydrogen) atoms. The van der Waals surface area contributed by atoms with Gasteiger partial charge < -0.3 is 14.2 Å². The average Bonchev–Trinajstić information content (AvgIpc) is 1.56. The smallest absolute Gasteiger partial charge is 0.143 e. The van der Waals surface area contributed by atoms with E-state index >= 15 is 0 Å². The molecule has 0 unspecified atom stereocenters. The molecule has 502 valence electrons. The van der Waals surface area contributed by atoms with Crippen LogP contribution in [0.3, 0.4) is 0 Å². The van der Waals surface area contributed by atoms with Gasteiger partial charge in [0.25, 0.3) is 0 Å². The second-order valence-corrected chi connectivity index (χ2v) is 28.2. The van der Waals surface area contributed by atoms with Gasteiger partial charge in [0.15, 0.2) is 0 Å². The lowest BCUT2D eigenvalue weighted by Crippen LogP contribution is -2.28. The molecule has 2 aliphatic carbocycles. The van der Waals surface area contributed by atoms with Gasteiger partial charge in [0, 0.05) is 50.3 Å². The van der Waals surface area contributed by atoms with E-state index in [0.29, 0.717) is 0 Å². The topological polar surface area (TPSA) is 19.6 Å². The van der Waals surface area contributed by atoms with E-state index in [4.69, 9.17) is 4.42 Å². The third-order valence-electron chi connectivity index (χ3n) is 22.5. The molecule has 3 nitrogen and oxygen atoms in total. The van der Waals surface area contributed by atoms with Crippen molar-refractivity contribution in [2.24, 2.45) is 0 Å². The molecular formula is C104H70N2O. The Hall–Kier alpha value is -13.9. The highest BCUT2D eigenvalue weighted by molar-refractivity contribution is 6.10. The quantitative estimate of drug-likeness (QED) is 0.102. The van der Waals surface area contributed by atoms with Crippen molar-refractivity contribution in [2.45, 2.75) is 10.8 Å². The van der Waals surface area contributed by atoms with Crippen LogP contribution in [0, 0.1) is 0 Å². The van der Waals surface area contributed by atoms with Crippen LogP contribution < -0.4 is 9.80 Å². The predicted molar refractivity (Wildman–Crippen MR) is 445 cm³/mol. The number of fused-ring (bicyclic) bond motifs is 9. The third kappa shape index (κ3) is 10.4. The molecular weight excluding hydrogens is 1290 g/mol. The van der Waals surface area contributed by atoms with Gasteiger partial charge in [-0.3, -0.25) is 0 Å². The zero-order chi connectivity index (χ0) is 70.8. The van der Waals surface area contributed by atoms with Gasteiger partial charge in [-0.15, -0.1) is 0 Å². The van der Waals surface area contributed by atoms with Crippen LogP contribution in [0.5, 0.6) is 0 Å². The van der Waals surface area contributed by atoms with E-state index in [9.17, 15) is 0 Å². The van der Waals surface area contributed by atoms with Crippen molar-refractivity contribution in [2.75, 3.05) is 9.80 Å². The Morgan fingerprint density at radius 3 is 1.09 bits per heavy atom. The number of hydrogen-bond acceptors (Lipinski definition) is 3. The maximum Gasteiger partial charge on any atom is 0.143 e. The Kier molecular flexibility index (Phi) is 15.4. The molecule has 17 aromatic carbocycles. The van der Waals surface area contributed by atoms with Gasteiger partial charge in [-0.05, 0) is 196 Å². The van der Waals surface area contributed by atoms with Crippen molar-refractivity contribution in [1.82, 2.24) is 0 Å². The number of rotatable bonds is 15. The minimum Gasteiger partial charge on any atom is -0.455 e. The van der Waals surface area contributed by atoms with Crippen molar-refractivity contribution in [1.29, 1.82) is 0 Å². The van der Waals surface area contributed by atoms with Gasteiger partial charge in [-0.25, -0.2) is 0 Å². The molecule has 0 saturated heterocycles. The molecule has 0 aliphatic heterocycles. The van der Waals surface area contributed by atoms with E-state index in [2.05, 4.69) is 428 Å². The molecule has 0 saturated carbocycles. The Balaban J connectivity index is 0.737. The molecule has 2 aliphatic rings. The lowest BCUT2D eigenvalue weighted by Gasteiger charge is -2.34. The van der Waals surface area contributed by atoms with Gasteiger partial charge in [0.1, 0.15) is 11.2 Å². The van der Waals surface area contributed by atoms with Gasteiger partial charge in [-0.1, -0.05) is 340 Å². The number of benzene rings is 17. The fourth-order valence-electron chi connectivity index (χ4n) is 17.7. The highest BCUT2D eigenvalue weighted by Crippen LogP contribution is 2.60. The van der Waals surface area contributed by atoms with Crippen LogP contribution >= 0.6 is 0 Å². The van der Waals surface area contributed by atoms with Crippen LogP contribution in [0.1, 0.15) is 44.5 Å². The standard InChI is InChI=1S/C104H70N2O/c1-7-27-71(28-8-1)73-49-56-83(57-50-73)105(84-60-53-75(54-61-84)89-44-26-45-92-91-43-21-24-48-101(91)107-102(89)92)86-62-65-99-95(69-86)93-68-77(55-64-97(93)104(99,81-37-15-5-16-38-81)82-39-17-6-18-40-82)76-31-25-32-78(67-76)88-41-20-23-47-100(88)106(85-58-51-74(52-59-85)72-29-9-2-10-30-72)87-63-66-98-94(70-87)90-42-19-22-46-96(90)103(98,79-33-11-3-12-34-79)80-35-13-4-14-36-80/h1-70H. The summed E-state index contributed by atoms with van der Waals surface area (Å²) in [4.78, 5) is 4.89. The number of nitrogens with zero attached hydrogens (tertiary/aromatic N) is 2. The first-order valence-corrected chi connectivity index (χ1v) is 36.9. The van der Waals surface area contributed by atoms with E-state index in [1.165, 1.54) is 77.9 Å². The molecule has 0 atom stereocenters. The lowest BCUT2D eigenvalue weighted by molar-refractivity contribution is 0.670. The summed E-state index contributed by atoms with van der Waals surface area (Å²) in [6.45, 7) is 0.